The minimum Gasteiger partial charge on any atom is -0.313 e. The van der Waals surface area contributed by atoms with E-state index in [2.05, 4.69) is 43.6 Å². The molecule has 19 heavy (non-hydrogen) atoms. The van der Waals surface area contributed by atoms with Crippen LogP contribution in [0.2, 0.25) is 0 Å². The quantitative estimate of drug-likeness (QED) is 0.817. The zero-order valence-corrected chi connectivity index (χ0v) is 12.4. The summed E-state index contributed by atoms with van der Waals surface area (Å²) in [7, 11) is 2.16. The Bertz CT molecular complexity index is 412. The van der Waals surface area contributed by atoms with E-state index in [1.807, 2.05) is 0 Å². The van der Waals surface area contributed by atoms with Crippen molar-refractivity contribution < 1.29 is 0 Å². The Morgan fingerprint density at radius 1 is 1.21 bits per heavy atom. The van der Waals surface area contributed by atoms with Crippen molar-refractivity contribution in [2.24, 2.45) is 5.41 Å². The molecule has 0 saturated heterocycles. The SMILES string of the molecule is CCCCC12CCCCC1c1ccccc1C2NC. The first-order valence-electron chi connectivity index (χ1n) is 8.09. The van der Waals surface area contributed by atoms with Gasteiger partial charge in [0.2, 0.25) is 0 Å². The zero-order chi connectivity index (χ0) is 13.3. The maximum Gasteiger partial charge on any atom is 0.0383 e. The maximum atomic E-state index is 3.67. The van der Waals surface area contributed by atoms with Gasteiger partial charge in [-0.2, -0.15) is 0 Å². The van der Waals surface area contributed by atoms with Crippen molar-refractivity contribution in [3.05, 3.63) is 35.4 Å². The summed E-state index contributed by atoms with van der Waals surface area (Å²) in [6.07, 6.45) is 9.75. The lowest BCUT2D eigenvalue weighted by Crippen LogP contribution is -2.38. The highest BCUT2D eigenvalue weighted by molar-refractivity contribution is 5.42. The molecule has 0 aliphatic heterocycles. The first kappa shape index (κ1) is 13.2. The van der Waals surface area contributed by atoms with Crippen LogP contribution in [0.1, 0.15) is 75.0 Å². The van der Waals surface area contributed by atoms with Gasteiger partial charge in [0.1, 0.15) is 0 Å². The van der Waals surface area contributed by atoms with E-state index in [0.29, 0.717) is 11.5 Å². The number of unbranched alkanes of at least 4 members (excludes halogenated alkanes) is 1. The van der Waals surface area contributed by atoms with Crippen LogP contribution in [0.25, 0.3) is 0 Å². The fourth-order valence-electron chi connectivity index (χ4n) is 4.87. The van der Waals surface area contributed by atoms with Crippen LogP contribution in [0.4, 0.5) is 0 Å². The van der Waals surface area contributed by atoms with Crippen molar-refractivity contribution in [2.75, 3.05) is 7.05 Å². The van der Waals surface area contributed by atoms with E-state index in [1.165, 1.54) is 44.9 Å². The van der Waals surface area contributed by atoms with Gasteiger partial charge in [0.15, 0.2) is 0 Å². The summed E-state index contributed by atoms with van der Waals surface area (Å²) in [6, 6.07) is 9.79. The third kappa shape index (κ3) is 1.94. The van der Waals surface area contributed by atoms with Crippen molar-refractivity contribution in [3.8, 4) is 0 Å². The van der Waals surface area contributed by atoms with Crippen molar-refractivity contribution in [1.29, 1.82) is 0 Å². The molecule has 1 aromatic carbocycles. The second kappa shape index (κ2) is 5.28. The molecule has 3 unspecified atom stereocenters. The van der Waals surface area contributed by atoms with Crippen LogP contribution in [0.15, 0.2) is 24.3 Å². The molecule has 104 valence electrons. The summed E-state index contributed by atoms with van der Waals surface area (Å²) < 4.78 is 0. The molecule has 0 radical (unpaired) electrons. The van der Waals surface area contributed by atoms with E-state index in [0.717, 1.165) is 5.92 Å². The van der Waals surface area contributed by atoms with Gasteiger partial charge >= 0.3 is 0 Å². The van der Waals surface area contributed by atoms with Gasteiger partial charge in [-0.3, -0.25) is 0 Å². The highest BCUT2D eigenvalue weighted by Crippen LogP contribution is 2.62. The van der Waals surface area contributed by atoms with E-state index < -0.39 is 0 Å². The third-order valence-electron chi connectivity index (χ3n) is 5.62. The van der Waals surface area contributed by atoms with Gasteiger partial charge in [-0.15, -0.1) is 0 Å². The molecule has 1 saturated carbocycles. The Hall–Kier alpha value is -0.820. The molecule has 0 bridgehead atoms. The van der Waals surface area contributed by atoms with Crippen LogP contribution in [-0.4, -0.2) is 7.05 Å². The van der Waals surface area contributed by atoms with Gasteiger partial charge in [0.05, 0.1) is 0 Å². The number of nitrogens with one attached hydrogen (secondary N) is 1. The van der Waals surface area contributed by atoms with Crippen LogP contribution >= 0.6 is 0 Å². The lowest BCUT2D eigenvalue weighted by atomic mass is 9.62. The summed E-state index contributed by atoms with van der Waals surface area (Å²) >= 11 is 0. The zero-order valence-electron chi connectivity index (χ0n) is 12.4. The van der Waals surface area contributed by atoms with Crippen LogP contribution < -0.4 is 5.32 Å². The predicted octanol–water partition coefficient (Wildman–Crippen LogP) is 4.79. The number of hydrogen-bond acceptors (Lipinski definition) is 1. The van der Waals surface area contributed by atoms with E-state index in [-0.39, 0.29) is 0 Å². The molecule has 1 N–H and O–H groups in total. The minimum absolute atomic E-state index is 0.507. The fraction of sp³-hybridized carbons (Fsp3) is 0.667. The van der Waals surface area contributed by atoms with Gasteiger partial charge in [-0.1, -0.05) is 56.9 Å². The van der Waals surface area contributed by atoms with Crippen LogP contribution in [0.3, 0.4) is 0 Å². The van der Waals surface area contributed by atoms with Crippen molar-refractivity contribution in [3.63, 3.8) is 0 Å². The molecule has 1 fully saturated rings. The molecule has 0 heterocycles. The standard InChI is InChI=1S/C18H27N/c1-3-4-12-18-13-8-7-11-16(18)14-9-5-6-10-15(14)17(18)19-2/h5-6,9-10,16-17,19H,3-4,7-8,11-13H2,1-2H3. The second-order valence-electron chi connectivity index (χ2n) is 6.49. The summed E-state index contributed by atoms with van der Waals surface area (Å²) in [4.78, 5) is 0. The summed E-state index contributed by atoms with van der Waals surface area (Å²) in [5.41, 5.74) is 3.75. The molecule has 1 aromatic rings. The molecule has 0 spiro atoms. The van der Waals surface area contributed by atoms with E-state index >= 15 is 0 Å². The maximum absolute atomic E-state index is 3.67. The predicted molar refractivity (Wildman–Crippen MR) is 81.4 cm³/mol. The fourth-order valence-corrected chi connectivity index (χ4v) is 4.87. The Balaban J connectivity index is 2.03. The van der Waals surface area contributed by atoms with Crippen molar-refractivity contribution in [2.45, 2.75) is 63.8 Å². The number of fused-ring (bicyclic) bond motifs is 3. The highest BCUT2D eigenvalue weighted by Gasteiger charge is 2.52. The Morgan fingerprint density at radius 3 is 2.74 bits per heavy atom. The van der Waals surface area contributed by atoms with Gasteiger partial charge in [0, 0.05) is 6.04 Å². The van der Waals surface area contributed by atoms with E-state index in [1.54, 1.807) is 11.1 Å². The average molecular weight is 257 g/mol. The first-order valence-corrected chi connectivity index (χ1v) is 8.09. The number of hydrogen-bond donors (Lipinski definition) is 1. The first-order chi connectivity index (χ1) is 9.33. The summed E-state index contributed by atoms with van der Waals surface area (Å²) in [6.45, 7) is 2.32. The van der Waals surface area contributed by atoms with Gasteiger partial charge in [-0.25, -0.2) is 0 Å². The monoisotopic (exact) mass is 257 g/mol. The van der Waals surface area contributed by atoms with Crippen LogP contribution in [0.5, 0.6) is 0 Å². The Labute approximate surface area is 117 Å². The molecule has 2 aliphatic carbocycles. The van der Waals surface area contributed by atoms with Crippen LogP contribution in [-0.2, 0) is 0 Å². The van der Waals surface area contributed by atoms with Gasteiger partial charge < -0.3 is 5.32 Å². The van der Waals surface area contributed by atoms with Crippen molar-refractivity contribution >= 4 is 0 Å². The molecule has 0 aromatic heterocycles. The largest absolute Gasteiger partial charge is 0.313 e. The molecule has 2 aliphatic rings. The number of rotatable bonds is 4. The lowest BCUT2D eigenvalue weighted by Gasteiger charge is -2.44. The van der Waals surface area contributed by atoms with Crippen molar-refractivity contribution in [1.82, 2.24) is 5.32 Å². The molecular formula is C18H27N. The molecule has 1 heteroatoms. The molecule has 1 nitrogen and oxygen atoms in total. The molecular weight excluding hydrogens is 230 g/mol. The highest BCUT2D eigenvalue weighted by atomic mass is 14.9. The normalized spacial score (nSPS) is 32.9. The van der Waals surface area contributed by atoms with E-state index in [9.17, 15) is 0 Å². The molecule has 3 rings (SSSR count). The second-order valence-corrected chi connectivity index (χ2v) is 6.49. The number of benzene rings is 1. The smallest absolute Gasteiger partial charge is 0.0383 e. The minimum atomic E-state index is 0.507. The summed E-state index contributed by atoms with van der Waals surface area (Å²) in [5.74, 6) is 0.807. The topological polar surface area (TPSA) is 12.0 Å². The lowest BCUT2D eigenvalue weighted by molar-refractivity contribution is 0.101. The van der Waals surface area contributed by atoms with E-state index in [4.69, 9.17) is 0 Å². The molecule has 0 amide bonds. The Kier molecular flexibility index (Phi) is 3.66. The van der Waals surface area contributed by atoms with Gasteiger partial charge in [-0.05, 0) is 48.8 Å². The van der Waals surface area contributed by atoms with Gasteiger partial charge in [0.25, 0.3) is 0 Å². The Morgan fingerprint density at radius 2 is 2.00 bits per heavy atom. The summed E-state index contributed by atoms with van der Waals surface area (Å²) in [5, 5.41) is 3.67. The average Bonchev–Trinajstić information content (AvgIpc) is 2.75. The third-order valence-corrected chi connectivity index (χ3v) is 5.62. The molecule has 3 atom stereocenters. The van der Waals surface area contributed by atoms with Crippen LogP contribution in [0, 0.1) is 5.41 Å².